The van der Waals surface area contributed by atoms with Crippen molar-refractivity contribution in [3.8, 4) is 5.75 Å². The highest BCUT2D eigenvalue weighted by molar-refractivity contribution is 6.02. The number of rotatable bonds is 4. The molecule has 0 radical (unpaired) electrons. The van der Waals surface area contributed by atoms with Crippen LogP contribution in [0.2, 0.25) is 0 Å². The second-order valence-corrected chi connectivity index (χ2v) is 3.94. The number of ether oxygens (including phenoxy) is 1. The SMILES string of the molecule is COc1ccc(N)c(C(=O)Cc2cn(C)nn2)c1. The van der Waals surface area contributed by atoms with Crippen LogP contribution < -0.4 is 10.5 Å². The number of hydrogen-bond acceptors (Lipinski definition) is 5. The first kappa shape index (κ1) is 12.1. The minimum atomic E-state index is -0.105. The van der Waals surface area contributed by atoms with Crippen molar-refractivity contribution >= 4 is 11.5 Å². The van der Waals surface area contributed by atoms with Crippen LogP contribution in [-0.4, -0.2) is 27.9 Å². The summed E-state index contributed by atoms with van der Waals surface area (Å²) in [4.78, 5) is 12.1. The first-order valence-corrected chi connectivity index (χ1v) is 5.42. The molecule has 1 aromatic heterocycles. The standard InChI is InChI=1S/C12H14N4O2/c1-16-7-8(14-15-16)5-12(17)10-6-9(18-2)3-4-11(10)13/h3-4,6-7H,5,13H2,1-2H3. The van der Waals surface area contributed by atoms with E-state index in [-0.39, 0.29) is 12.2 Å². The molecule has 1 aromatic carbocycles. The molecule has 0 amide bonds. The summed E-state index contributed by atoms with van der Waals surface area (Å²) in [7, 11) is 3.29. The van der Waals surface area contributed by atoms with Gasteiger partial charge in [-0.1, -0.05) is 5.21 Å². The van der Waals surface area contributed by atoms with E-state index in [0.717, 1.165) is 0 Å². The summed E-state index contributed by atoms with van der Waals surface area (Å²) >= 11 is 0. The highest BCUT2D eigenvalue weighted by Gasteiger charge is 2.13. The first-order valence-electron chi connectivity index (χ1n) is 5.42. The predicted molar refractivity (Wildman–Crippen MR) is 66.4 cm³/mol. The number of nitrogens with zero attached hydrogens (tertiary/aromatic N) is 3. The van der Waals surface area contributed by atoms with Gasteiger partial charge in [-0.3, -0.25) is 9.48 Å². The Morgan fingerprint density at radius 1 is 1.50 bits per heavy atom. The molecule has 0 aliphatic carbocycles. The molecule has 0 spiro atoms. The molecule has 6 heteroatoms. The van der Waals surface area contributed by atoms with Crippen LogP contribution in [0, 0.1) is 0 Å². The van der Waals surface area contributed by atoms with Gasteiger partial charge >= 0.3 is 0 Å². The summed E-state index contributed by atoms with van der Waals surface area (Å²) in [6, 6.07) is 5.01. The fourth-order valence-corrected chi connectivity index (χ4v) is 1.64. The van der Waals surface area contributed by atoms with E-state index in [1.807, 2.05) is 0 Å². The normalized spacial score (nSPS) is 10.3. The molecule has 18 heavy (non-hydrogen) atoms. The Bertz CT molecular complexity index is 577. The van der Waals surface area contributed by atoms with Crippen LogP contribution in [0.4, 0.5) is 5.69 Å². The molecular formula is C12H14N4O2. The lowest BCUT2D eigenvalue weighted by Gasteiger charge is -2.06. The molecular weight excluding hydrogens is 232 g/mol. The number of aryl methyl sites for hydroxylation is 1. The van der Waals surface area contributed by atoms with Crippen molar-refractivity contribution in [1.82, 2.24) is 15.0 Å². The largest absolute Gasteiger partial charge is 0.497 e. The number of carbonyl (C=O) groups excluding carboxylic acids is 1. The smallest absolute Gasteiger partial charge is 0.171 e. The summed E-state index contributed by atoms with van der Waals surface area (Å²) < 4.78 is 6.63. The van der Waals surface area contributed by atoms with Gasteiger partial charge in [0.05, 0.1) is 19.2 Å². The number of Topliss-reactive ketones (excluding diaryl/α,β-unsaturated/α-hetero) is 1. The number of benzene rings is 1. The van der Waals surface area contributed by atoms with Crippen LogP contribution in [0.5, 0.6) is 5.75 Å². The van der Waals surface area contributed by atoms with E-state index >= 15 is 0 Å². The molecule has 6 nitrogen and oxygen atoms in total. The van der Waals surface area contributed by atoms with Gasteiger partial charge in [0.2, 0.25) is 0 Å². The van der Waals surface area contributed by atoms with Crippen LogP contribution in [-0.2, 0) is 13.5 Å². The number of hydrogen-bond donors (Lipinski definition) is 1. The third-order valence-corrected chi connectivity index (χ3v) is 2.55. The van der Waals surface area contributed by atoms with E-state index < -0.39 is 0 Å². The van der Waals surface area contributed by atoms with E-state index in [1.165, 1.54) is 0 Å². The van der Waals surface area contributed by atoms with Gasteiger partial charge in [-0.05, 0) is 18.2 Å². The van der Waals surface area contributed by atoms with Crippen molar-refractivity contribution in [2.75, 3.05) is 12.8 Å². The van der Waals surface area contributed by atoms with Crippen LogP contribution >= 0.6 is 0 Å². The topological polar surface area (TPSA) is 83.0 Å². The van der Waals surface area contributed by atoms with Gasteiger partial charge < -0.3 is 10.5 Å². The third kappa shape index (κ3) is 2.48. The van der Waals surface area contributed by atoms with E-state index in [0.29, 0.717) is 22.7 Å². The van der Waals surface area contributed by atoms with E-state index in [9.17, 15) is 4.79 Å². The van der Waals surface area contributed by atoms with Crippen molar-refractivity contribution < 1.29 is 9.53 Å². The molecule has 0 atom stereocenters. The molecule has 0 fully saturated rings. The molecule has 1 heterocycles. The minimum absolute atomic E-state index is 0.105. The number of aromatic nitrogens is 3. The Labute approximate surface area is 104 Å². The number of anilines is 1. The quantitative estimate of drug-likeness (QED) is 0.638. The predicted octanol–water partition coefficient (Wildman–Crippen LogP) is 0.831. The second kappa shape index (κ2) is 4.87. The highest BCUT2D eigenvalue weighted by atomic mass is 16.5. The number of ketones is 1. The van der Waals surface area contributed by atoms with Crippen LogP contribution in [0.15, 0.2) is 24.4 Å². The summed E-state index contributed by atoms with van der Waals surface area (Å²) in [5.41, 5.74) is 7.28. The van der Waals surface area contributed by atoms with E-state index in [1.54, 1.807) is 43.2 Å². The van der Waals surface area contributed by atoms with Crippen molar-refractivity contribution in [3.63, 3.8) is 0 Å². The first-order chi connectivity index (χ1) is 8.60. The maximum absolute atomic E-state index is 12.1. The summed E-state index contributed by atoms with van der Waals surface area (Å²) in [6.45, 7) is 0. The van der Waals surface area contributed by atoms with Crippen LogP contribution in [0.3, 0.4) is 0 Å². The maximum atomic E-state index is 12.1. The van der Waals surface area contributed by atoms with Gasteiger partial charge in [0.1, 0.15) is 5.75 Å². The van der Waals surface area contributed by atoms with Crippen molar-refractivity contribution in [2.45, 2.75) is 6.42 Å². The van der Waals surface area contributed by atoms with Gasteiger partial charge in [-0.25, -0.2) is 0 Å². The van der Waals surface area contributed by atoms with Crippen molar-refractivity contribution in [1.29, 1.82) is 0 Å². The van der Waals surface area contributed by atoms with Gasteiger partial charge in [-0.2, -0.15) is 0 Å². The zero-order valence-corrected chi connectivity index (χ0v) is 10.3. The Balaban J connectivity index is 2.23. The lowest BCUT2D eigenvalue weighted by molar-refractivity contribution is 0.0992. The molecule has 2 rings (SSSR count). The number of nitrogens with two attached hydrogens (primary N) is 1. The third-order valence-electron chi connectivity index (χ3n) is 2.55. The molecule has 0 saturated carbocycles. The van der Waals surface area contributed by atoms with E-state index in [4.69, 9.17) is 10.5 Å². The zero-order valence-electron chi connectivity index (χ0n) is 10.3. The fraction of sp³-hybridized carbons (Fsp3) is 0.250. The Morgan fingerprint density at radius 3 is 2.89 bits per heavy atom. The molecule has 0 bridgehead atoms. The van der Waals surface area contributed by atoms with Gasteiger partial charge in [-0.15, -0.1) is 5.10 Å². The summed E-state index contributed by atoms with van der Waals surface area (Å²) in [5.74, 6) is 0.499. The fourth-order valence-electron chi connectivity index (χ4n) is 1.64. The highest BCUT2D eigenvalue weighted by Crippen LogP contribution is 2.20. The average Bonchev–Trinajstić information content (AvgIpc) is 2.75. The van der Waals surface area contributed by atoms with Gasteiger partial charge in [0, 0.05) is 24.5 Å². The zero-order chi connectivity index (χ0) is 13.1. The Hall–Kier alpha value is -2.37. The summed E-state index contributed by atoms with van der Waals surface area (Å²) in [6.07, 6.45) is 1.87. The molecule has 0 unspecified atom stereocenters. The van der Waals surface area contributed by atoms with Gasteiger partial charge in [0.25, 0.3) is 0 Å². The lowest BCUT2D eigenvalue weighted by atomic mass is 10.0. The molecule has 2 aromatic rings. The second-order valence-electron chi connectivity index (χ2n) is 3.94. The number of methoxy groups -OCH3 is 1. The van der Waals surface area contributed by atoms with Gasteiger partial charge in [0.15, 0.2) is 5.78 Å². The summed E-state index contributed by atoms with van der Waals surface area (Å²) in [5, 5.41) is 7.65. The number of carbonyl (C=O) groups is 1. The number of nitrogen functional groups attached to an aromatic ring is 1. The Morgan fingerprint density at radius 2 is 2.28 bits per heavy atom. The maximum Gasteiger partial charge on any atom is 0.171 e. The molecule has 0 saturated heterocycles. The van der Waals surface area contributed by atoms with Crippen molar-refractivity contribution in [2.24, 2.45) is 7.05 Å². The minimum Gasteiger partial charge on any atom is -0.497 e. The Kier molecular flexibility index (Phi) is 3.27. The molecule has 0 aliphatic heterocycles. The van der Waals surface area contributed by atoms with Crippen molar-refractivity contribution in [3.05, 3.63) is 35.7 Å². The monoisotopic (exact) mass is 246 g/mol. The average molecular weight is 246 g/mol. The molecule has 94 valence electrons. The molecule has 0 aliphatic rings. The van der Waals surface area contributed by atoms with E-state index in [2.05, 4.69) is 10.3 Å². The van der Waals surface area contributed by atoms with Crippen LogP contribution in [0.25, 0.3) is 0 Å². The van der Waals surface area contributed by atoms with Crippen LogP contribution in [0.1, 0.15) is 16.1 Å². The molecule has 2 N–H and O–H groups in total. The lowest BCUT2D eigenvalue weighted by Crippen LogP contribution is -2.07.